The van der Waals surface area contributed by atoms with Gasteiger partial charge in [0.05, 0.1) is 25.3 Å². The average Bonchev–Trinajstić information content (AvgIpc) is 2.77. The Labute approximate surface area is 139 Å². The molecule has 0 fully saturated rings. The van der Waals surface area contributed by atoms with Crippen molar-refractivity contribution in [2.45, 2.75) is 6.73 Å². The maximum absolute atomic E-state index is 12.0. The number of para-hydroxylation sites is 1. The van der Waals surface area contributed by atoms with E-state index in [1.54, 1.807) is 4.57 Å². The normalized spacial score (nSPS) is 11.0. The van der Waals surface area contributed by atoms with Gasteiger partial charge in [0.2, 0.25) is 0 Å². The fraction of sp³-hybridized carbons (Fsp3) is 0.0714. The lowest BCUT2D eigenvalue weighted by Gasteiger charge is -2.10. The summed E-state index contributed by atoms with van der Waals surface area (Å²) in [5, 5.41) is 1.04. The molecule has 3 nitrogen and oxygen atoms in total. The zero-order valence-corrected chi connectivity index (χ0v) is 13.6. The maximum Gasteiger partial charge on any atom is 0.310 e. The van der Waals surface area contributed by atoms with Gasteiger partial charge in [0, 0.05) is 6.07 Å². The van der Waals surface area contributed by atoms with Crippen molar-refractivity contribution in [1.82, 2.24) is 4.57 Å². The van der Waals surface area contributed by atoms with E-state index in [4.69, 9.17) is 39.5 Å². The number of nitrogens with zero attached hydrogens (tertiary/aromatic N) is 1. The molecule has 0 aliphatic rings. The topological polar surface area (TPSA) is 31.2 Å². The summed E-state index contributed by atoms with van der Waals surface area (Å²) in [5.41, 5.74) is 0.823. The van der Waals surface area contributed by atoms with Crippen LogP contribution in [0.25, 0.3) is 10.2 Å². The Hall–Kier alpha value is -1.20. The van der Waals surface area contributed by atoms with E-state index in [0.717, 1.165) is 10.2 Å². The highest BCUT2D eigenvalue weighted by Crippen LogP contribution is 2.34. The van der Waals surface area contributed by atoms with Crippen molar-refractivity contribution in [3.05, 3.63) is 61.1 Å². The Kier molecular flexibility index (Phi) is 4.13. The van der Waals surface area contributed by atoms with E-state index in [1.165, 1.54) is 23.5 Å². The van der Waals surface area contributed by atoms with Gasteiger partial charge in [0.1, 0.15) is 5.75 Å². The molecular weight excluding hydrogens is 353 g/mol. The van der Waals surface area contributed by atoms with Gasteiger partial charge in [-0.3, -0.25) is 9.36 Å². The number of rotatable bonds is 3. The summed E-state index contributed by atoms with van der Waals surface area (Å²) in [6, 6.07) is 10.6. The summed E-state index contributed by atoms with van der Waals surface area (Å²) in [7, 11) is 0. The van der Waals surface area contributed by atoms with Gasteiger partial charge in [-0.05, 0) is 18.2 Å². The van der Waals surface area contributed by atoms with Gasteiger partial charge in [0.15, 0.2) is 6.73 Å². The predicted molar refractivity (Wildman–Crippen MR) is 88.2 cm³/mol. The molecule has 0 N–H and O–H groups in total. The Bertz CT molecular complexity index is 872. The van der Waals surface area contributed by atoms with E-state index in [2.05, 4.69) is 0 Å². The van der Waals surface area contributed by atoms with Gasteiger partial charge in [-0.15, -0.1) is 0 Å². The molecule has 0 atom stereocenters. The molecule has 0 spiro atoms. The lowest BCUT2D eigenvalue weighted by molar-refractivity contribution is 0.239. The van der Waals surface area contributed by atoms with Gasteiger partial charge >= 0.3 is 4.87 Å². The van der Waals surface area contributed by atoms with E-state index < -0.39 is 0 Å². The standard InChI is InChI=1S/C14H8Cl3NO2S/c15-8-5-10(17)12(6-9(8)16)20-7-18-11-3-1-2-4-13(11)21-14(18)19/h1-6H,7H2. The van der Waals surface area contributed by atoms with Gasteiger partial charge < -0.3 is 4.74 Å². The number of fused-ring (bicyclic) bond motifs is 1. The number of thiazole rings is 1. The molecule has 0 radical (unpaired) electrons. The molecule has 2 aromatic carbocycles. The monoisotopic (exact) mass is 359 g/mol. The Balaban J connectivity index is 1.92. The van der Waals surface area contributed by atoms with Gasteiger partial charge in [0.25, 0.3) is 0 Å². The zero-order valence-electron chi connectivity index (χ0n) is 10.5. The second-order valence-electron chi connectivity index (χ2n) is 4.23. The molecule has 0 saturated heterocycles. The number of hydrogen-bond acceptors (Lipinski definition) is 3. The number of halogens is 3. The highest BCUT2D eigenvalue weighted by Gasteiger charge is 2.10. The predicted octanol–water partition coefficient (Wildman–Crippen LogP) is 5.06. The number of aromatic nitrogens is 1. The third-order valence-corrected chi connectivity index (χ3v) is 4.88. The molecule has 1 heterocycles. The molecule has 1 aromatic heterocycles. The van der Waals surface area contributed by atoms with Crippen molar-refractivity contribution in [3.63, 3.8) is 0 Å². The van der Waals surface area contributed by atoms with Crippen molar-refractivity contribution < 1.29 is 4.74 Å². The summed E-state index contributed by atoms with van der Waals surface area (Å²) >= 11 is 19.0. The second-order valence-corrected chi connectivity index (χ2v) is 6.45. The summed E-state index contributed by atoms with van der Waals surface area (Å²) in [4.78, 5) is 11.9. The van der Waals surface area contributed by atoms with Crippen LogP contribution in [0.5, 0.6) is 5.75 Å². The maximum atomic E-state index is 12.0. The van der Waals surface area contributed by atoms with Gasteiger partial charge in [-0.25, -0.2) is 0 Å². The smallest absolute Gasteiger partial charge is 0.310 e. The summed E-state index contributed by atoms with van der Waals surface area (Å²) in [6.07, 6.45) is 0. The summed E-state index contributed by atoms with van der Waals surface area (Å²) in [5.74, 6) is 0.383. The molecule has 0 aliphatic heterocycles. The van der Waals surface area contributed by atoms with Crippen LogP contribution in [-0.4, -0.2) is 4.57 Å². The minimum atomic E-state index is -0.0904. The van der Waals surface area contributed by atoms with Crippen LogP contribution in [0.1, 0.15) is 0 Å². The van der Waals surface area contributed by atoms with Crippen LogP contribution < -0.4 is 9.61 Å². The third-order valence-electron chi connectivity index (χ3n) is 2.90. The van der Waals surface area contributed by atoms with Crippen molar-refractivity contribution in [2.24, 2.45) is 0 Å². The molecule has 0 unspecified atom stereocenters. The van der Waals surface area contributed by atoms with E-state index >= 15 is 0 Å². The van der Waals surface area contributed by atoms with Crippen LogP contribution in [0, 0.1) is 0 Å². The van der Waals surface area contributed by atoms with Crippen molar-refractivity contribution in [2.75, 3.05) is 0 Å². The summed E-state index contributed by atoms with van der Waals surface area (Å²) in [6.45, 7) is 0.0561. The highest BCUT2D eigenvalue weighted by molar-refractivity contribution is 7.16. The van der Waals surface area contributed by atoms with E-state index in [9.17, 15) is 4.79 Å². The first-order valence-electron chi connectivity index (χ1n) is 5.92. The molecule has 3 aromatic rings. The lowest BCUT2D eigenvalue weighted by Crippen LogP contribution is -2.16. The molecular formula is C14H8Cl3NO2S. The minimum Gasteiger partial charge on any atom is -0.471 e. The van der Waals surface area contributed by atoms with Crippen LogP contribution in [0.2, 0.25) is 15.1 Å². The molecule has 21 heavy (non-hydrogen) atoms. The van der Waals surface area contributed by atoms with Crippen LogP contribution in [0.4, 0.5) is 0 Å². The second kappa shape index (κ2) is 5.89. The van der Waals surface area contributed by atoms with Crippen LogP contribution in [-0.2, 0) is 6.73 Å². The first kappa shape index (κ1) is 14.7. The van der Waals surface area contributed by atoms with Gasteiger partial charge in [-0.1, -0.05) is 58.3 Å². The largest absolute Gasteiger partial charge is 0.471 e. The minimum absolute atomic E-state index is 0.0561. The molecule has 108 valence electrons. The highest BCUT2D eigenvalue weighted by atomic mass is 35.5. The molecule has 7 heteroatoms. The van der Waals surface area contributed by atoms with E-state index in [1.807, 2.05) is 24.3 Å². The fourth-order valence-corrected chi connectivity index (χ4v) is 3.36. The van der Waals surface area contributed by atoms with Crippen molar-refractivity contribution in [1.29, 1.82) is 0 Å². The quantitative estimate of drug-likeness (QED) is 0.611. The average molecular weight is 361 g/mol. The van der Waals surface area contributed by atoms with Crippen molar-refractivity contribution >= 4 is 56.4 Å². The number of hydrogen-bond donors (Lipinski definition) is 0. The molecule has 0 amide bonds. The summed E-state index contributed by atoms with van der Waals surface area (Å²) < 4.78 is 8.05. The Morgan fingerprint density at radius 3 is 2.57 bits per heavy atom. The van der Waals surface area contributed by atoms with Crippen LogP contribution >= 0.6 is 46.1 Å². The van der Waals surface area contributed by atoms with E-state index in [-0.39, 0.29) is 11.6 Å². The van der Waals surface area contributed by atoms with E-state index in [0.29, 0.717) is 20.8 Å². The zero-order chi connectivity index (χ0) is 15.0. The Morgan fingerprint density at radius 2 is 1.76 bits per heavy atom. The number of ether oxygens (including phenoxy) is 1. The van der Waals surface area contributed by atoms with Crippen LogP contribution in [0.15, 0.2) is 41.2 Å². The third kappa shape index (κ3) is 2.90. The molecule has 0 aliphatic carbocycles. The van der Waals surface area contributed by atoms with Gasteiger partial charge in [-0.2, -0.15) is 0 Å². The first-order chi connectivity index (χ1) is 10.1. The SMILES string of the molecule is O=c1sc2ccccc2n1COc1cc(Cl)c(Cl)cc1Cl. The van der Waals surface area contributed by atoms with Crippen molar-refractivity contribution in [3.8, 4) is 5.75 Å². The molecule has 0 bridgehead atoms. The fourth-order valence-electron chi connectivity index (χ4n) is 1.89. The Morgan fingerprint density at radius 1 is 1.05 bits per heavy atom. The number of benzene rings is 2. The first-order valence-corrected chi connectivity index (χ1v) is 7.87. The lowest BCUT2D eigenvalue weighted by atomic mass is 10.3. The molecule has 3 rings (SSSR count). The molecule has 0 saturated carbocycles. The van der Waals surface area contributed by atoms with Crippen LogP contribution in [0.3, 0.4) is 0 Å².